The van der Waals surface area contributed by atoms with E-state index in [1.54, 1.807) is 53.4 Å². The SMILES string of the molecule is O=C(O)C1CN(C(=O)c2ccc(N3CCCCC3=O)cc2)c2ccccc2O1. The smallest absolute Gasteiger partial charge is 0.346 e. The van der Waals surface area contributed by atoms with E-state index in [0.29, 0.717) is 30.0 Å². The summed E-state index contributed by atoms with van der Waals surface area (Å²) < 4.78 is 5.48. The number of hydrogen-bond acceptors (Lipinski definition) is 4. The molecule has 2 heterocycles. The molecule has 28 heavy (non-hydrogen) atoms. The molecule has 2 aromatic carbocycles. The van der Waals surface area contributed by atoms with Gasteiger partial charge in [0.05, 0.1) is 12.2 Å². The molecular formula is C21H20N2O5. The molecule has 2 aromatic rings. The van der Waals surface area contributed by atoms with Gasteiger partial charge in [0.1, 0.15) is 5.75 Å². The van der Waals surface area contributed by atoms with Crippen LogP contribution < -0.4 is 14.5 Å². The van der Waals surface area contributed by atoms with Gasteiger partial charge in [-0.25, -0.2) is 4.79 Å². The van der Waals surface area contributed by atoms with Gasteiger partial charge < -0.3 is 19.6 Å². The molecule has 0 radical (unpaired) electrons. The lowest BCUT2D eigenvalue weighted by atomic mass is 10.1. The largest absolute Gasteiger partial charge is 0.478 e. The second-order valence-corrected chi connectivity index (χ2v) is 6.88. The van der Waals surface area contributed by atoms with Crippen LogP contribution in [0.1, 0.15) is 29.6 Å². The van der Waals surface area contributed by atoms with Crippen molar-refractivity contribution in [1.29, 1.82) is 0 Å². The molecule has 2 aliphatic rings. The summed E-state index contributed by atoms with van der Waals surface area (Å²) in [6.07, 6.45) is 1.30. The predicted octanol–water partition coefficient (Wildman–Crippen LogP) is 2.70. The van der Waals surface area contributed by atoms with Crippen molar-refractivity contribution in [2.45, 2.75) is 25.4 Å². The van der Waals surface area contributed by atoms with Gasteiger partial charge in [0.2, 0.25) is 12.0 Å². The van der Waals surface area contributed by atoms with Crippen molar-refractivity contribution in [3.05, 3.63) is 54.1 Å². The standard InChI is InChI=1S/C21H20N2O5/c24-19-7-3-4-12-22(19)15-10-8-14(9-11-15)20(25)23-13-18(21(26)27)28-17-6-2-1-5-16(17)23/h1-2,5-6,8-11,18H,3-4,7,12-13H2,(H,26,27). The van der Waals surface area contributed by atoms with Gasteiger partial charge in [-0.15, -0.1) is 0 Å². The molecule has 4 rings (SSSR count). The molecule has 0 saturated carbocycles. The van der Waals surface area contributed by atoms with Crippen LogP contribution in [0.3, 0.4) is 0 Å². The molecule has 1 atom stereocenters. The van der Waals surface area contributed by atoms with Crippen molar-refractivity contribution in [3.8, 4) is 5.75 Å². The number of carboxylic acid groups (broad SMARTS) is 1. The first-order valence-electron chi connectivity index (χ1n) is 9.25. The minimum absolute atomic E-state index is 0.0719. The van der Waals surface area contributed by atoms with Crippen molar-refractivity contribution >= 4 is 29.2 Å². The third-order valence-electron chi connectivity index (χ3n) is 5.04. The van der Waals surface area contributed by atoms with Gasteiger partial charge in [-0.05, 0) is 49.2 Å². The fourth-order valence-electron chi connectivity index (χ4n) is 3.57. The van der Waals surface area contributed by atoms with Crippen LogP contribution in [0.15, 0.2) is 48.5 Å². The second-order valence-electron chi connectivity index (χ2n) is 6.88. The molecule has 0 aliphatic carbocycles. The average molecular weight is 380 g/mol. The Labute approximate surface area is 162 Å². The summed E-state index contributed by atoms with van der Waals surface area (Å²) in [4.78, 5) is 39.7. The highest BCUT2D eigenvalue weighted by Crippen LogP contribution is 2.34. The maximum Gasteiger partial charge on any atom is 0.346 e. The molecule has 144 valence electrons. The molecule has 1 N–H and O–H groups in total. The molecule has 0 aromatic heterocycles. The number of hydrogen-bond donors (Lipinski definition) is 1. The lowest BCUT2D eigenvalue weighted by molar-refractivity contribution is -0.144. The maximum absolute atomic E-state index is 13.1. The van der Waals surface area contributed by atoms with Crippen molar-refractivity contribution in [2.24, 2.45) is 0 Å². The van der Waals surface area contributed by atoms with E-state index in [1.165, 1.54) is 4.90 Å². The van der Waals surface area contributed by atoms with Crippen LogP contribution in [0, 0.1) is 0 Å². The van der Waals surface area contributed by atoms with E-state index in [4.69, 9.17) is 4.74 Å². The Kier molecular flexibility index (Phi) is 4.73. The third kappa shape index (κ3) is 3.31. The first-order chi connectivity index (χ1) is 13.5. The lowest BCUT2D eigenvalue weighted by Gasteiger charge is -2.33. The highest BCUT2D eigenvalue weighted by atomic mass is 16.5. The number of ether oxygens (including phenoxy) is 1. The number of piperidine rings is 1. The van der Waals surface area contributed by atoms with Gasteiger partial charge in [-0.3, -0.25) is 9.59 Å². The Morgan fingerprint density at radius 1 is 1.04 bits per heavy atom. The van der Waals surface area contributed by atoms with Crippen molar-refractivity contribution in [2.75, 3.05) is 22.9 Å². The van der Waals surface area contributed by atoms with Crippen molar-refractivity contribution in [3.63, 3.8) is 0 Å². The molecule has 1 fully saturated rings. The zero-order valence-corrected chi connectivity index (χ0v) is 15.2. The van der Waals surface area contributed by atoms with E-state index in [-0.39, 0.29) is 18.4 Å². The first kappa shape index (κ1) is 18.0. The molecule has 1 unspecified atom stereocenters. The first-order valence-corrected chi connectivity index (χ1v) is 9.25. The number of fused-ring (bicyclic) bond motifs is 1. The van der Waals surface area contributed by atoms with Crippen molar-refractivity contribution in [1.82, 2.24) is 0 Å². The number of para-hydroxylation sites is 2. The highest BCUT2D eigenvalue weighted by Gasteiger charge is 2.34. The number of carbonyl (C=O) groups excluding carboxylic acids is 2. The number of rotatable bonds is 3. The maximum atomic E-state index is 13.1. The van der Waals surface area contributed by atoms with Gasteiger partial charge in [0.15, 0.2) is 0 Å². The number of aliphatic carboxylic acids is 1. The van der Waals surface area contributed by atoms with Crippen LogP contribution in [0.4, 0.5) is 11.4 Å². The topological polar surface area (TPSA) is 87.2 Å². The summed E-state index contributed by atoms with van der Waals surface area (Å²) in [5.74, 6) is -0.966. The minimum atomic E-state index is -1.12. The van der Waals surface area contributed by atoms with Crippen LogP contribution in [-0.2, 0) is 9.59 Å². The Bertz CT molecular complexity index is 925. The Morgan fingerprint density at radius 3 is 2.50 bits per heavy atom. The zero-order valence-electron chi connectivity index (χ0n) is 15.2. The Balaban J connectivity index is 1.60. The fraction of sp³-hybridized carbons (Fsp3) is 0.286. The summed E-state index contributed by atoms with van der Waals surface area (Å²) in [7, 11) is 0. The molecule has 7 heteroatoms. The van der Waals surface area contributed by atoms with Crippen LogP contribution in [-0.4, -0.2) is 42.1 Å². The zero-order chi connectivity index (χ0) is 19.7. The molecule has 2 amide bonds. The number of anilines is 2. The summed E-state index contributed by atoms with van der Waals surface area (Å²) in [6, 6.07) is 13.8. The Morgan fingerprint density at radius 2 is 1.79 bits per heavy atom. The van der Waals surface area contributed by atoms with Gasteiger partial charge in [-0.2, -0.15) is 0 Å². The number of nitrogens with zero attached hydrogens (tertiary/aromatic N) is 2. The van der Waals surface area contributed by atoms with E-state index in [0.717, 1.165) is 18.5 Å². The normalized spacial score (nSPS) is 19.0. The highest BCUT2D eigenvalue weighted by molar-refractivity contribution is 6.08. The molecule has 0 spiro atoms. The van der Waals surface area contributed by atoms with Crippen LogP contribution in [0.5, 0.6) is 5.75 Å². The fourth-order valence-corrected chi connectivity index (χ4v) is 3.57. The minimum Gasteiger partial charge on any atom is -0.478 e. The predicted molar refractivity (Wildman–Crippen MR) is 103 cm³/mol. The van der Waals surface area contributed by atoms with E-state index in [2.05, 4.69) is 0 Å². The van der Waals surface area contributed by atoms with Crippen LogP contribution in [0.2, 0.25) is 0 Å². The van der Waals surface area contributed by atoms with E-state index in [1.807, 2.05) is 0 Å². The quantitative estimate of drug-likeness (QED) is 0.885. The van der Waals surface area contributed by atoms with Crippen LogP contribution >= 0.6 is 0 Å². The van der Waals surface area contributed by atoms with Gasteiger partial charge in [0, 0.05) is 24.2 Å². The lowest BCUT2D eigenvalue weighted by Crippen LogP contribution is -2.47. The molecule has 1 saturated heterocycles. The van der Waals surface area contributed by atoms with E-state index in [9.17, 15) is 19.5 Å². The van der Waals surface area contributed by atoms with Gasteiger partial charge >= 0.3 is 5.97 Å². The summed E-state index contributed by atoms with van der Waals surface area (Å²) in [5, 5.41) is 9.34. The monoisotopic (exact) mass is 380 g/mol. The van der Waals surface area contributed by atoms with Gasteiger partial charge in [-0.1, -0.05) is 12.1 Å². The van der Waals surface area contributed by atoms with E-state index >= 15 is 0 Å². The molecule has 7 nitrogen and oxygen atoms in total. The van der Waals surface area contributed by atoms with E-state index < -0.39 is 12.1 Å². The third-order valence-corrected chi connectivity index (χ3v) is 5.04. The number of carboxylic acids is 1. The molecule has 2 aliphatic heterocycles. The number of amides is 2. The molecular weight excluding hydrogens is 360 g/mol. The van der Waals surface area contributed by atoms with Crippen LogP contribution in [0.25, 0.3) is 0 Å². The second kappa shape index (κ2) is 7.34. The summed E-state index contributed by atoms with van der Waals surface area (Å²) in [5.41, 5.74) is 1.74. The summed E-state index contributed by atoms with van der Waals surface area (Å²) in [6.45, 7) is 0.612. The average Bonchev–Trinajstić information content (AvgIpc) is 2.73. The van der Waals surface area contributed by atoms with Gasteiger partial charge in [0.25, 0.3) is 5.91 Å². The summed E-state index contributed by atoms with van der Waals surface area (Å²) >= 11 is 0. The number of benzene rings is 2. The van der Waals surface area contributed by atoms with Crippen molar-refractivity contribution < 1.29 is 24.2 Å². The number of carbonyl (C=O) groups is 3. The molecule has 0 bridgehead atoms. The Hall–Kier alpha value is -3.35.